The molecule has 3 nitrogen and oxygen atoms in total. The van der Waals surface area contributed by atoms with Crippen molar-refractivity contribution in [1.29, 1.82) is 0 Å². The van der Waals surface area contributed by atoms with Gasteiger partial charge in [-0.05, 0) is 57.2 Å². The van der Waals surface area contributed by atoms with Crippen molar-refractivity contribution in [2.24, 2.45) is 11.8 Å². The van der Waals surface area contributed by atoms with Crippen LogP contribution in [0.25, 0.3) is 6.08 Å². The van der Waals surface area contributed by atoms with E-state index in [2.05, 4.69) is 22.9 Å². The maximum atomic E-state index is 12.6. The van der Waals surface area contributed by atoms with Gasteiger partial charge in [-0.2, -0.15) is 0 Å². The van der Waals surface area contributed by atoms with Crippen LogP contribution in [0.1, 0.15) is 45.1 Å². The van der Waals surface area contributed by atoms with E-state index in [1.807, 2.05) is 37.3 Å². The van der Waals surface area contributed by atoms with Crippen LogP contribution in [-0.2, 0) is 9.53 Å². The molecule has 2 fully saturated rings. The molecule has 0 bridgehead atoms. The van der Waals surface area contributed by atoms with Crippen LogP contribution in [0.3, 0.4) is 0 Å². The zero-order chi connectivity index (χ0) is 17.8. The SMILES string of the molecule is CC1=C2CC[C@@](C)(O)[C@@H]2[C@H]2OC(=O)/C(=C/c3ccccc3Br)[C@@H]2CC1. The summed E-state index contributed by atoms with van der Waals surface area (Å²) in [7, 11) is 0. The van der Waals surface area contributed by atoms with Crippen LogP contribution in [-0.4, -0.2) is 22.8 Å². The lowest BCUT2D eigenvalue weighted by Gasteiger charge is -2.32. The summed E-state index contributed by atoms with van der Waals surface area (Å²) >= 11 is 3.55. The van der Waals surface area contributed by atoms with Crippen molar-refractivity contribution in [2.75, 3.05) is 0 Å². The molecular weight excluding hydrogens is 380 g/mol. The van der Waals surface area contributed by atoms with E-state index >= 15 is 0 Å². The van der Waals surface area contributed by atoms with Crippen LogP contribution in [0.5, 0.6) is 0 Å². The molecule has 1 aromatic rings. The van der Waals surface area contributed by atoms with Crippen LogP contribution in [0.15, 0.2) is 45.5 Å². The standard InChI is InChI=1S/C21H23BrO3/c1-12-7-8-15-16(11-13-5-3-4-6-17(13)22)20(23)25-19(15)18-14(12)9-10-21(18,2)24/h3-6,11,15,18-19,24H,7-10H2,1-2H3/b16-11+/t15-,18-,19-,21+/m0/s1. The number of halogens is 1. The Morgan fingerprint density at radius 1 is 1.32 bits per heavy atom. The molecule has 1 saturated heterocycles. The average molecular weight is 403 g/mol. The van der Waals surface area contributed by atoms with Crippen molar-refractivity contribution >= 4 is 28.0 Å². The van der Waals surface area contributed by atoms with Gasteiger partial charge in [0.1, 0.15) is 6.10 Å². The van der Waals surface area contributed by atoms with E-state index in [0.717, 1.165) is 41.3 Å². The fraction of sp³-hybridized carbons (Fsp3) is 0.476. The number of ether oxygens (including phenoxy) is 1. The number of rotatable bonds is 1. The summed E-state index contributed by atoms with van der Waals surface area (Å²) in [5, 5.41) is 10.9. The van der Waals surface area contributed by atoms with E-state index in [4.69, 9.17) is 4.74 Å². The molecule has 0 amide bonds. The van der Waals surface area contributed by atoms with E-state index in [1.54, 1.807) is 0 Å². The highest BCUT2D eigenvalue weighted by Gasteiger charge is 2.54. The van der Waals surface area contributed by atoms with Gasteiger partial charge in [-0.15, -0.1) is 0 Å². The van der Waals surface area contributed by atoms with Gasteiger partial charge < -0.3 is 9.84 Å². The molecular formula is C21H23BrO3. The number of benzene rings is 1. The highest BCUT2D eigenvalue weighted by atomic mass is 79.9. The van der Waals surface area contributed by atoms with Crippen molar-refractivity contribution in [3.63, 3.8) is 0 Å². The molecule has 0 radical (unpaired) electrons. The third-order valence-corrected chi connectivity index (χ3v) is 6.87. The van der Waals surface area contributed by atoms with Crippen LogP contribution in [0, 0.1) is 11.8 Å². The van der Waals surface area contributed by atoms with Gasteiger partial charge in [0.05, 0.1) is 5.60 Å². The van der Waals surface area contributed by atoms with Gasteiger partial charge >= 0.3 is 5.97 Å². The quantitative estimate of drug-likeness (QED) is 0.422. The normalized spacial score (nSPS) is 36.2. The minimum absolute atomic E-state index is 0.0432. The van der Waals surface area contributed by atoms with Crippen LogP contribution >= 0.6 is 15.9 Å². The van der Waals surface area contributed by atoms with Crippen LogP contribution < -0.4 is 0 Å². The Morgan fingerprint density at radius 2 is 2.08 bits per heavy atom. The van der Waals surface area contributed by atoms with E-state index in [0.29, 0.717) is 0 Å². The van der Waals surface area contributed by atoms with Crippen LogP contribution in [0.2, 0.25) is 0 Å². The molecule has 1 aromatic carbocycles. The van der Waals surface area contributed by atoms with Gasteiger partial charge in [0.15, 0.2) is 0 Å². The van der Waals surface area contributed by atoms with Crippen molar-refractivity contribution in [2.45, 2.75) is 51.2 Å². The smallest absolute Gasteiger partial charge is 0.334 e. The molecule has 0 aromatic heterocycles. The summed E-state index contributed by atoms with van der Waals surface area (Å²) in [5.74, 6) is -0.261. The molecule has 1 aliphatic heterocycles. The fourth-order valence-electron chi connectivity index (χ4n) is 4.79. The molecule has 4 heteroatoms. The number of carbonyl (C=O) groups excluding carboxylic acids is 1. The Bertz CT molecular complexity index is 790. The average Bonchev–Trinajstić information content (AvgIpc) is 2.98. The van der Waals surface area contributed by atoms with Crippen molar-refractivity contribution < 1.29 is 14.6 Å². The molecule has 1 heterocycles. The zero-order valence-corrected chi connectivity index (χ0v) is 16.2. The number of fused-ring (bicyclic) bond motifs is 3. The summed E-state index contributed by atoms with van der Waals surface area (Å²) < 4.78 is 6.82. The summed E-state index contributed by atoms with van der Waals surface area (Å²) in [6.45, 7) is 4.06. The molecule has 25 heavy (non-hydrogen) atoms. The fourth-order valence-corrected chi connectivity index (χ4v) is 5.18. The lowest BCUT2D eigenvalue weighted by atomic mass is 9.79. The first kappa shape index (κ1) is 17.0. The molecule has 4 atom stereocenters. The largest absolute Gasteiger partial charge is 0.458 e. The topological polar surface area (TPSA) is 46.5 Å². The molecule has 2 aliphatic carbocycles. The molecule has 4 rings (SSSR count). The molecule has 0 unspecified atom stereocenters. The first-order valence-electron chi connectivity index (χ1n) is 8.96. The monoisotopic (exact) mass is 402 g/mol. The predicted octanol–water partition coefficient (Wildman–Crippen LogP) is 4.65. The summed E-state index contributed by atoms with van der Waals surface area (Å²) in [6.07, 6.45) is 5.23. The second-order valence-electron chi connectivity index (χ2n) is 7.78. The first-order valence-corrected chi connectivity index (χ1v) is 9.76. The van der Waals surface area contributed by atoms with E-state index in [1.165, 1.54) is 11.1 Å². The molecule has 3 aliphatic rings. The summed E-state index contributed by atoms with van der Waals surface area (Å²) in [4.78, 5) is 12.6. The van der Waals surface area contributed by atoms with Gasteiger partial charge in [0.25, 0.3) is 0 Å². The van der Waals surface area contributed by atoms with Gasteiger partial charge in [0.2, 0.25) is 0 Å². The molecule has 1 N–H and O–H groups in total. The Balaban J connectivity index is 1.76. The minimum Gasteiger partial charge on any atom is -0.458 e. The highest BCUT2D eigenvalue weighted by Crippen LogP contribution is 2.52. The number of hydrogen-bond donors (Lipinski definition) is 1. The predicted molar refractivity (Wildman–Crippen MR) is 101 cm³/mol. The number of hydrogen-bond acceptors (Lipinski definition) is 3. The van der Waals surface area contributed by atoms with Crippen molar-refractivity contribution in [1.82, 2.24) is 0 Å². The van der Waals surface area contributed by atoms with Gasteiger partial charge in [-0.3, -0.25) is 0 Å². The molecule has 132 valence electrons. The van der Waals surface area contributed by atoms with Crippen LogP contribution in [0.4, 0.5) is 0 Å². The third-order valence-electron chi connectivity index (χ3n) is 6.14. The van der Waals surface area contributed by atoms with E-state index in [9.17, 15) is 9.90 Å². The lowest BCUT2D eigenvalue weighted by molar-refractivity contribution is -0.144. The Labute approximate surface area is 156 Å². The number of carbonyl (C=O) groups is 1. The zero-order valence-electron chi connectivity index (χ0n) is 14.6. The summed E-state index contributed by atoms with van der Waals surface area (Å²) in [5.41, 5.74) is 3.62. The van der Waals surface area contributed by atoms with Crippen molar-refractivity contribution in [3.8, 4) is 0 Å². The highest BCUT2D eigenvalue weighted by molar-refractivity contribution is 9.10. The Morgan fingerprint density at radius 3 is 2.84 bits per heavy atom. The Kier molecular flexibility index (Phi) is 4.16. The van der Waals surface area contributed by atoms with Crippen molar-refractivity contribution in [3.05, 3.63) is 51.0 Å². The first-order chi connectivity index (χ1) is 11.9. The third kappa shape index (κ3) is 2.80. The molecule has 1 saturated carbocycles. The number of aliphatic hydroxyl groups is 1. The van der Waals surface area contributed by atoms with Gasteiger partial charge in [0, 0.05) is 21.9 Å². The van der Waals surface area contributed by atoms with E-state index < -0.39 is 5.60 Å². The number of esters is 1. The second-order valence-corrected chi connectivity index (χ2v) is 8.63. The van der Waals surface area contributed by atoms with Gasteiger partial charge in [-0.1, -0.05) is 45.3 Å². The van der Waals surface area contributed by atoms with E-state index in [-0.39, 0.29) is 23.9 Å². The Hall–Kier alpha value is -1.39. The molecule has 0 spiro atoms. The van der Waals surface area contributed by atoms with Gasteiger partial charge in [-0.25, -0.2) is 4.79 Å². The minimum atomic E-state index is -0.799. The second kappa shape index (κ2) is 6.10. The number of allylic oxidation sites excluding steroid dienone is 1. The lowest BCUT2D eigenvalue weighted by Crippen LogP contribution is -2.40. The maximum absolute atomic E-state index is 12.6. The summed E-state index contributed by atoms with van der Waals surface area (Å²) in [6, 6.07) is 7.90. The maximum Gasteiger partial charge on any atom is 0.334 e.